The Morgan fingerprint density at radius 3 is 2.43 bits per heavy atom. The molecule has 1 aromatic rings. The van der Waals surface area contributed by atoms with Crippen LogP contribution in [0.3, 0.4) is 0 Å². The van der Waals surface area contributed by atoms with E-state index < -0.39 is 0 Å². The number of nitrogens with two attached hydrogens (primary N) is 1. The van der Waals surface area contributed by atoms with Crippen LogP contribution in [0.25, 0.3) is 0 Å². The maximum Gasteiger partial charge on any atom is 0.170 e. The second-order valence-electron chi connectivity index (χ2n) is 6.35. The van der Waals surface area contributed by atoms with Crippen LogP contribution in [0.15, 0.2) is 23.4 Å². The predicted octanol–water partition coefficient (Wildman–Crippen LogP) is 3.60. The Bertz CT molecular complexity index is 542. The molecular weight excluding hydrogens is 286 g/mol. The topological polar surface area (TPSA) is 61.9 Å². The summed E-state index contributed by atoms with van der Waals surface area (Å²) in [4.78, 5) is 2.36. The molecule has 0 amide bonds. The van der Waals surface area contributed by atoms with E-state index in [1.807, 2.05) is 12.1 Å². The molecule has 1 aliphatic carbocycles. The van der Waals surface area contributed by atoms with Gasteiger partial charge in [-0.3, -0.25) is 0 Å². The van der Waals surface area contributed by atoms with Crippen molar-refractivity contribution in [2.75, 3.05) is 18.0 Å². The van der Waals surface area contributed by atoms with Crippen LogP contribution in [0.4, 0.5) is 5.69 Å². The van der Waals surface area contributed by atoms with Gasteiger partial charge in [-0.25, -0.2) is 0 Å². The molecule has 0 bridgehead atoms. The van der Waals surface area contributed by atoms with Crippen molar-refractivity contribution in [1.29, 1.82) is 0 Å². The van der Waals surface area contributed by atoms with Crippen molar-refractivity contribution in [3.05, 3.63) is 28.8 Å². The van der Waals surface area contributed by atoms with Crippen LogP contribution in [0.2, 0.25) is 5.02 Å². The highest BCUT2D eigenvalue weighted by Crippen LogP contribution is 2.47. The fourth-order valence-electron chi connectivity index (χ4n) is 3.83. The molecule has 2 fully saturated rings. The minimum absolute atomic E-state index is 0.0898. The molecule has 1 heterocycles. The number of halogens is 1. The number of amidine groups is 1. The van der Waals surface area contributed by atoms with Crippen molar-refractivity contribution in [2.24, 2.45) is 16.3 Å². The van der Waals surface area contributed by atoms with Gasteiger partial charge in [0.1, 0.15) is 0 Å². The van der Waals surface area contributed by atoms with E-state index in [9.17, 15) is 0 Å². The second-order valence-corrected chi connectivity index (χ2v) is 6.75. The Hall–Kier alpha value is -1.42. The zero-order valence-corrected chi connectivity index (χ0v) is 12.9. The highest BCUT2D eigenvalue weighted by molar-refractivity contribution is 6.33. The minimum atomic E-state index is 0.0898. The summed E-state index contributed by atoms with van der Waals surface area (Å²) in [6, 6.07) is 5.60. The molecule has 1 spiro atoms. The van der Waals surface area contributed by atoms with E-state index in [0.717, 1.165) is 18.8 Å². The van der Waals surface area contributed by atoms with Gasteiger partial charge in [-0.15, -0.1) is 0 Å². The Labute approximate surface area is 130 Å². The first-order valence-electron chi connectivity index (χ1n) is 7.66. The van der Waals surface area contributed by atoms with Gasteiger partial charge in [-0.1, -0.05) is 29.6 Å². The normalized spacial score (nSPS) is 22.0. The van der Waals surface area contributed by atoms with Gasteiger partial charge in [0, 0.05) is 18.7 Å². The van der Waals surface area contributed by atoms with E-state index in [2.05, 4.69) is 10.1 Å². The lowest BCUT2D eigenvalue weighted by Gasteiger charge is -2.40. The number of oxime groups is 1. The standard InChI is InChI=1S/C16H22ClN3O/c17-13-11-12(15(18)19-21)3-4-14(13)20-9-7-16(8-10-20)5-1-2-6-16/h3-4,11,21H,1-2,5-10H2,(H2,18,19). The van der Waals surface area contributed by atoms with Crippen LogP contribution in [-0.4, -0.2) is 24.1 Å². The smallest absolute Gasteiger partial charge is 0.170 e. The van der Waals surface area contributed by atoms with Gasteiger partial charge in [0.15, 0.2) is 5.84 Å². The molecule has 0 atom stereocenters. The predicted molar refractivity (Wildman–Crippen MR) is 86.3 cm³/mol. The number of piperidine rings is 1. The average Bonchev–Trinajstić information content (AvgIpc) is 2.96. The molecular formula is C16H22ClN3O. The largest absolute Gasteiger partial charge is 0.409 e. The lowest BCUT2D eigenvalue weighted by Crippen LogP contribution is -2.39. The summed E-state index contributed by atoms with van der Waals surface area (Å²) < 4.78 is 0. The summed E-state index contributed by atoms with van der Waals surface area (Å²) in [7, 11) is 0. The summed E-state index contributed by atoms with van der Waals surface area (Å²) in [5.74, 6) is 0.0898. The van der Waals surface area contributed by atoms with E-state index in [0.29, 0.717) is 16.0 Å². The monoisotopic (exact) mass is 307 g/mol. The fraction of sp³-hybridized carbons (Fsp3) is 0.562. The van der Waals surface area contributed by atoms with Gasteiger partial charge in [0.05, 0.1) is 10.7 Å². The van der Waals surface area contributed by atoms with Crippen molar-refractivity contribution in [1.82, 2.24) is 0 Å². The number of nitrogens with zero attached hydrogens (tertiary/aromatic N) is 2. The number of hydrogen-bond acceptors (Lipinski definition) is 3. The van der Waals surface area contributed by atoms with Crippen LogP contribution in [0, 0.1) is 5.41 Å². The molecule has 114 valence electrons. The zero-order valence-electron chi connectivity index (χ0n) is 12.2. The molecule has 1 aromatic carbocycles. The quantitative estimate of drug-likeness (QED) is 0.380. The van der Waals surface area contributed by atoms with Crippen molar-refractivity contribution >= 4 is 23.1 Å². The third-order valence-corrected chi connectivity index (χ3v) is 5.48. The van der Waals surface area contributed by atoms with Crippen molar-refractivity contribution in [3.8, 4) is 0 Å². The average molecular weight is 308 g/mol. The molecule has 0 radical (unpaired) electrons. The molecule has 5 heteroatoms. The molecule has 4 nitrogen and oxygen atoms in total. The van der Waals surface area contributed by atoms with Gasteiger partial charge >= 0.3 is 0 Å². The van der Waals surface area contributed by atoms with E-state index in [-0.39, 0.29) is 5.84 Å². The highest BCUT2D eigenvalue weighted by atomic mass is 35.5. The summed E-state index contributed by atoms with van der Waals surface area (Å²) >= 11 is 6.38. The number of rotatable bonds is 2. The molecule has 1 aliphatic heterocycles. The number of benzene rings is 1. The first-order valence-corrected chi connectivity index (χ1v) is 8.04. The molecule has 3 rings (SSSR count). The van der Waals surface area contributed by atoms with E-state index >= 15 is 0 Å². The van der Waals surface area contributed by atoms with Crippen molar-refractivity contribution < 1.29 is 5.21 Å². The van der Waals surface area contributed by atoms with Crippen molar-refractivity contribution in [3.63, 3.8) is 0 Å². The summed E-state index contributed by atoms with van der Waals surface area (Å²) in [6.45, 7) is 2.14. The van der Waals surface area contributed by atoms with E-state index in [1.54, 1.807) is 6.07 Å². The molecule has 2 aliphatic rings. The summed E-state index contributed by atoms with van der Waals surface area (Å²) in [5.41, 5.74) is 7.91. The van der Waals surface area contributed by atoms with Crippen molar-refractivity contribution in [2.45, 2.75) is 38.5 Å². The molecule has 0 unspecified atom stereocenters. The SMILES string of the molecule is NC(=NO)c1ccc(N2CCC3(CCCC3)CC2)c(Cl)c1. The highest BCUT2D eigenvalue weighted by Gasteiger charge is 2.37. The van der Waals surface area contributed by atoms with Gasteiger partial charge in [-0.2, -0.15) is 0 Å². The van der Waals surface area contributed by atoms with E-state index in [1.165, 1.54) is 38.5 Å². The maximum absolute atomic E-state index is 8.72. The van der Waals surface area contributed by atoms with Gasteiger partial charge in [0.25, 0.3) is 0 Å². The molecule has 1 saturated heterocycles. The van der Waals surface area contributed by atoms with Crippen LogP contribution in [-0.2, 0) is 0 Å². The third-order valence-electron chi connectivity index (χ3n) is 5.18. The lowest BCUT2D eigenvalue weighted by atomic mass is 9.77. The van der Waals surface area contributed by atoms with Crippen LogP contribution in [0.1, 0.15) is 44.1 Å². The zero-order chi connectivity index (χ0) is 14.9. The first-order chi connectivity index (χ1) is 10.1. The van der Waals surface area contributed by atoms with Crippen LogP contribution >= 0.6 is 11.6 Å². The Morgan fingerprint density at radius 2 is 1.86 bits per heavy atom. The van der Waals surface area contributed by atoms with E-state index in [4.69, 9.17) is 22.5 Å². The second kappa shape index (κ2) is 5.76. The fourth-order valence-corrected chi connectivity index (χ4v) is 4.13. The minimum Gasteiger partial charge on any atom is -0.409 e. The first kappa shape index (κ1) is 14.5. The molecule has 1 saturated carbocycles. The Morgan fingerprint density at radius 1 is 1.19 bits per heavy atom. The molecule has 21 heavy (non-hydrogen) atoms. The van der Waals surface area contributed by atoms with Gasteiger partial charge in [-0.05, 0) is 49.3 Å². The molecule has 3 N–H and O–H groups in total. The maximum atomic E-state index is 8.72. The summed E-state index contributed by atoms with van der Waals surface area (Å²) in [5, 5.41) is 12.4. The van der Waals surface area contributed by atoms with Gasteiger partial charge in [0.2, 0.25) is 0 Å². The Balaban J connectivity index is 1.73. The summed E-state index contributed by atoms with van der Waals surface area (Å²) in [6.07, 6.45) is 8.13. The number of anilines is 1. The lowest BCUT2D eigenvalue weighted by molar-refractivity contribution is 0.226. The number of hydrogen-bond donors (Lipinski definition) is 2. The van der Waals surface area contributed by atoms with Crippen LogP contribution < -0.4 is 10.6 Å². The van der Waals surface area contributed by atoms with Gasteiger partial charge < -0.3 is 15.8 Å². The Kier molecular flexibility index (Phi) is 3.98. The molecule has 0 aromatic heterocycles. The third kappa shape index (κ3) is 2.82. The van der Waals surface area contributed by atoms with Crippen LogP contribution in [0.5, 0.6) is 0 Å².